The number of carbonyl (C=O) groups excluding carboxylic acids is 2. The predicted molar refractivity (Wildman–Crippen MR) is 91.9 cm³/mol. The maximum absolute atomic E-state index is 12.2. The Hall–Kier alpha value is -1.88. The van der Waals surface area contributed by atoms with Crippen LogP contribution in [0.2, 0.25) is 0 Å². The molecule has 0 spiro atoms. The van der Waals surface area contributed by atoms with Gasteiger partial charge in [0.1, 0.15) is 12.2 Å². The Labute approximate surface area is 143 Å². The van der Waals surface area contributed by atoms with Gasteiger partial charge in [-0.1, -0.05) is 19.3 Å². The van der Waals surface area contributed by atoms with Gasteiger partial charge >= 0.3 is 5.97 Å². The lowest BCUT2D eigenvalue weighted by Gasteiger charge is -2.35. The van der Waals surface area contributed by atoms with E-state index in [-0.39, 0.29) is 24.3 Å². The fourth-order valence-electron chi connectivity index (χ4n) is 3.10. The van der Waals surface area contributed by atoms with Crippen LogP contribution >= 0.6 is 0 Å². The molecule has 5 heteroatoms. The third-order valence-corrected chi connectivity index (χ3v) is 4.37. The molecule has 24 heavy (non-hydrogen) atoms. The summed E-state index contributed by atoms with van der Waals surface area (Å²) < 4.78 is 5.07. The first-order valence-electron chi connectivity index (χ1n) is 8.67. The molecule has 0 amide bonds. The minimum atomic E-state index is -0.491. The zero-order valence-electron chi connectivity index (χ0n) is 14.8. The first-order valence-corrected chi connectivity index (χ1v) is 8.67. The van der Waals surface area contributed by atoms with Gasteiger partial charge < -0.3 is 9.57 Å². The lowest BCUT2D eigenvalue weighted by Crippen LogP contribution is -2.43. The lowest BCUT2D eigenvalue weighted by atomic mass is 9.95. The molecule has 1 aliphatic rings. The second kappa shape index (κ2) is 8.83. The standard InChI is InChI=1S/C19H27NO4/c1-14(2)20(16-7-5-4-6-8-16)24-19(22)13-18(21)15-9-11-17(23-3)12-10-15/h9-12,14,16H,4-8,13H2,1-3H3. The number of methoxy groups -OCH3 is 1. The number of ether oxygens (including phenoxy) is 1. The van der Waals surface area contributed by atoms with Gasteiger partial charge in [-0.2, -0.15) is 0 Å². The highest BCUT2D eigenvalue weighted by Gasteiger charge is 2.27. The monoisotopic (exact) mass is 333 g/mol. The Balaban J connectivity index is 1.92. The largest absolute Gasteiger partial charge is 0.497 e. The Morgan fingerprint density at radius 3 is 2.29 bits per heavy atom. The molecule has 0 unspecified atom stereocenters. The number of rotatable bonds is 7. The number of hydroxylamine groups is 2. The highest BCUT2D eigenvalue weighted by atomic mass is 16.7. The van der Waals surface area contributed by atoms with Crippen LogP contribution in [0.25, 0.3) is 0 Å². The van der Waals surface area contributed by atoms with E-state index in [1.807, 2.05) is 13.8 Å². The van der Waals surface area contributed by atoms with Crippen LogP contribution in [0, 0.1) is 0 Å². The maximum Gasteiger partial charge on any atom is 0.332 e. The number of nitrogens with zero attached hydrogens (tertiary/aromatic N) is 1. The molecule has 1 aromatic rings. The van der Waals surface area contributed by atoms with Crippen molar-refractivity contribution < 1.29 is 19.2 Å². The summed E-state index contributed by atoms with van der Waals surface area (Å²) in [5.41, 5.74) is 0.488. The summed E-state index contributed by atoms with van der Waals surface area (Å²) in [5.74, 6) is -0.0532. The molecule has 0 N–H and O–H groups in total. The van der Waals surface area contributed by atoms with E-state index in [1.54, 1.807) is 36.4 Å². The molecule has 1 aromatic carbocycles. The van der Waals surface area contributed by atoms with Crippen LogP contribution in [0.4, 0.5) is 0 Å². The Kier molecular flexibility index (Phi) is 6.79. The molecule has 0 bridgehead atoms. The van der Waals surface area contributed by atoms with E-state index in [0.29, 0.717) is 11.3 Å². The molecule has 1 fully saturated rings. The van der Waals surface area contributed by atoms with E-state index in [2.05, 4.69) is 0 Å². The second-order valence-corrected chi connectivity index (χ2v) is 6.54. The normalized spacial score (nSPS) is 15.5. The van der Waals surface area contributed by atoms with Gasteiger partial charge in [0, 0.05) is 17.6 Å². The third-order valence-electron chi connectivity index (χ3n) is 4.37. The quantitative estimate of drug-likeness (QED) is 0.432. The van der Waals surface area contributed by atoms with Gasteiger partial charge in [0.05, 0.1) is 7.11 Å². The van der Waals surface area contributed by atoms with Crippen molar-refractivity contribution in [2.75, 3.05) is 7.11 Å². The molecule has 0 radical (unpaired) electrons. The van der Waals surface area contributed by atoms with Crippen molar-refractivity contribution >= 4 is 11.8 Å². The number of hydrogen-bond donors (Lipinski definition) is 0. The van der Waals surface area contributed by atoms with E-state index >= 15 is 0 Å². The molecule has 1 saturated carbocycles. The topological polar surface area (TPSA) is 55.8 Å². The first-order chi connectivity index (χ1) is 11.5. The minimum absolute atomic E-state index is 0.105. The van der Waals surface area contributed by atoms with Gasteiger partial charge in [-0.15, -0.1) is 5.06 Å². The van der Waals surface area contributed by atoms with Crippen molar-refractivity contribution in [1.29, 1.82) is 0 Å². The van der Waals surface area contributed by atoms with Crippen molar-refractivity contribution in [1.82, 2.24) is 5.06 Å². The average molecular weight is 333 g/mol. The van der Waals surface area contributed by atoms with E-state index in [9.17, 15) is 9.59 Å². The fourth-order valence-corrected chi connectivity index (χ4v) is 3.10. The van der Waals surface area contributed by atoms with Crippen LogP contribution in [-0.4, -0.2) is 36.0 Å². The summed E-state index contributed by atoms with van der Waals surface area (Å²) in [5, 5.41) is 1.78. The Morgan fingerprint density at radius 1 is 1.12 bits per heavy atom. The smallest absolute Gasteiger partial charge is 0.332 e. The molecule has 0 heterocycles. The summed E-state index contributed by atoms with van der Waals surface area (Å²) in [7, 11) is 1.57. The summed E-state index contributed by atoms with van der Waals surface area (Å²) >= 11 is 0. The van der Waals surface area contributed by atoms with Gasteiger partial charge in [-0.3, -0.25) is 4.79 Å². The molecular formula is C19H27NO4. The summed E-state index contributed by atoms with van der Waals surface area (Å²) in [4.78, 5) is 30.0. The summed E-state index contributed by atoms with van der Waals surface area (Å²) in [6.07, 6.45) is 5.40. The van der Waals surface area contributed by atoms with Gasteiger partial charge in [0.25, 0.3) is 0 Å². The van der Waals surface area contributed by atoms with Crippen molar-refractivity contribution in [3.05, 3.63) is 29.8 Å². The van der Waals surface area contributed by atoms with Crippen LogP contribution in [-0.2, 0) is 9.63 Å². The Bertz CT molecular complexity index is 547. The van der Waals surface area contributed by atoms with Gasteiger partial charge in [-0.05, 0) is 51.0 Å². The highest BCUT2D eigenvalue weighted by Crippen LogP contribution is 2.24. The van der Waals surface area contributed by atoms with Crippen LogP contribution in [0.3, 0.4) is 0 Å². The number of benzene rings is 1. The van der Waals surface area contributed by atoms with Gasteiger partial charge in [0.2, 0.25) is 0 Å². The molecule has 0 aromatic heterocycles. The van der Waals surface area contributed by atoms with Crippen molar-refractivity contribution in [3.8, 4) is 5.75 Å². The van der Waals surface area contributed by atoms with E-state index < -0.39 is 5.97 Å². The zero-order valence-corrected chi connectivity index (χ0v) is 14.8. The highest BCUT2D eigenvalue weighted by molar-refractivity contribution is 6.05. The van der Waals surface area contributed by atoms with Crippen molar-refractivity contribution in [3.63, 3.8) is 0 Å². The van der Waals surface area contributed by atoms with E-state index in [4.69, 9.17) is 9.57 Å². The third kappa shape index (κ3) is 5.06. The van der Waals surface area contributed by atoms with Crippen LogP contribution < -0.4 is 4.74 Å². The van der Waals surface area contributed by atoms with E-state index in [1.165, 1.54) is 6.42 Å². The SMILES string of the molecule is COc1ccc(C(=O)CC(=O)ON(C(C)C)C2CCCCC2)cc1. The molecule has 0 aliphatic heterocycles. The average Bonchev–Trinajstić information content (AvgIpc) is 2.60. The van der Waals surface area contributed by atoms with Crippen LogP contribution in [0.15, 0.2) is 24.3 Å². The van der Waals surface area contributed by atoms with Gasteiger partial charge in [-0.25, -0.2) is 4.79 Å². The molecular weight excluding hydrogens is 306 g/mol. The van der Waals surface area contributed by atoms with Crippen molar-refractivity contribution in [2.24, 2.45) is 0 Å². The number of Topliss-reactive ketones (excluding diaryl/α,β-unsaturated/α-hetero) is 1. The molecule has 2 rings (SSSR count). The zero-order chi connectivity index (χ0) is 17.5. The van der Waals surface area contributed by atoms with Crippen LogP contribution in [0.5, 0.6) is 5.75 Å². The molecule has 1 aliphatic carbocycles. The van der Waals surface area contributed by atoms with Gasteiger partial charge in [0.15, 0.2) is 5.78 Å². The Morgan fingerprint density at radius 2 is 1.75 bits per heavy atom. The lowest BCUT2D eigenvalue weighted by molar-refractivity contribution is -0.214. The molecule has 5 nitrogen and oxygen atoms in total. The fraction of sp³-hybridized carbons (Fsp3) is 0.579. The van der Waals surface area contributed by atoms with Crippen LogP contribution in [0.1, 0.15) is 62.7 Å². The maximum atomic E-state index is 12.2. The number of carbonyl (C=O) groups is 2. The molecule has 0 atom stereocenters. The molecule has 132 valence electrons. The summed E-state index contributed by atoms with van der Waals surface area (Å²) in [6, 6.07) is 7.11. The van der Waals surface area contributed by atoms with Crippen molar-refractivity contribution in [2.45, 2.75) is 64.5 Å². The molecule has 0 saturated heterocycles. The predicted octanol–water partition coefficient (Wildman–Crippen LogP) is 3.77. The first kappa shape index (κ1) is 18.5. The minimum Gasteiger partial charge on any atom is -0.497 e. The summed E-state index contributed by atoms with van der Waals surface area (Å²) in [6.45, 7) is 4.01. The van der Waals surface area contributed by atoms with E-state index in [0.717, 1.165) is 25.7 Å². The number of hydrogen-bond acceptors (Lipinski definition) is 5. The number of ketones is 1. The second-order valence-electron chi connectivity index (χ2n) is 6.54.